The van der Waals surface area contributed by atoms with Crippen LogP contribution < -0.4 is 5.32 Å². The number of rotatable bonds is 5. The van der Waals surface area contributed by atoms with E-state index in [1.807, 2.05) is 0 Å². The Labute approximate surface area is 108 Å². The molecule has 0 spiro atoms. The number of ether oxygens (including phenoxy) is 2. The van der Waals surface area contributed by atoms with Crippen LogP contribution in [0.1, 0.15) is 39.0 Å². The molecule has 1 amide bonds. The van der Waals surface area contributed by atoms with E-state index in [0.717, 1.165) is 31.8 Å². The summed E-state index contributed by atoms with van der Waals surface area (Å²) >= 11 is 0. The average molecular weight is 255 g/mol. The zero-order chi connectivity index (χ0) is 13.4. The molecular formula is C13H21NO4. The fourth-order valence-corrected chi connectivity index (χ4v) is 1.92. The van der Waals surface area contributed by atoms with E-state index in [2.05, 4.69) is 11.9 Å². The molecule has 1 fully saturated rings. The van der Waals surface area contributed by atoms with Crippen molar-refractivity contribution in [2.24, 2.45) is 0 Å². The molecule has 0 aromatic heterocycles. The van der Waals surface area contributed by atoms with Gasteiger partial charge in [-0.2, -0.15) is 0 Å². The molecule has 0 aromatic carbocycles. The molecule has 1 rings (SSSR count). The minimum absolute atomic E-state index is 0.0446. The largest absolute Gasteiger partial charge is 0.459 e. The van der Waals surface area contributed by atoms with Crippen LogP contribution in [0.4, 0.5) is 4.79 Å². The van der Waals surface area contributed by atoms with Crippen molar-refractivity contribution in [1.82, 2.24) is 5.32 Å². The van der Waals surface area contributed by atoms with Gasteiger partial charge in [0, 0.05) is 12.1 Å². The van der Waals surface area contributed by atoms with Crippen LogP contribution in [-0.4, -0.2) is 30.8 Å². The molecule has 0 aliphatic heterocycles. The van der Waals surface area contributed by atoms with E-state index in [4.69, 9.17) is 9.47 Å². The van der Waals surface area contributed by atoms with Gasteiger partial charge in [-0.05, 0) is 19.8 Å². The van der Waals surface area contributed by atoms with Gasteiger partial charge in [-0.25, -0.2) is 9.59 Å². The predicted molar refractivity (Wildman–Crippen MR) is 67.1 cm³/mol. The number of carbonyl (C=O) groups excluding carboxylic acids is 2. The van der Waals surface area contributed by atoms with Gasteiger partial charge in [-0.1, -0.05) is 25.8 Å². The lowest BCUT2D eigenvalue weighted by molar-refractivity contribution is -0.140. The van der Waals surface area contributed by atoms with Crippen molar-refractivity contribution >= 4 is 12.1 Å². The molecule has 1 N–H and O–H groups in total. The highest BCUT2D eigenvalue weighted by Crippen LogP contribution is 2.17. The Morgan fingerprint density at radius 2 is 2.06 bits per heavy atom. The minimum Gasteiger partial charge on any atom is -0.459 e. The molecule has 18 heavy (non-hydrogen) atoms. The highest BCUT2D eigenvalue weighted by Gasteiger charge is 2.18. The fraction of sp³-hybridized carbons (Fsp3) is 0.692. The smallest absolute Gasteiger partial charge is 0.407 e. The Morgan fingerprint density at radius 1 is 1.39 bits per heavy atom. The van der Waals surface area contributed by atoms with Crippen molar-refractivity contribution in [2.45, 2.75) is 51.2 Å². The number of esters is 1. The predicted octanol–water partition coefficient (Wildman–Crippen LogP) is 2.16. The third kappa shape index (κ3) is 5.70. The topological polar surface area (TPSA) is 64.6 Å². The van der Waals surface area contributed by atoms with Gasteiger partial charge in [0.25, 0.3) is 0 Å². The summed E-state index contributed by atoms with van der Waals surface area (Å²) in [5.41, 5.74) is 0. The maximum Gasteiger partial charge on any atom is 0.407 e. The second kappa shape index (κ2) is 7.74. The van der Waals surface area contributed by atoms with Crippen LogP contribution >= 0.6 is 0 Å². The minimum atomic E-state index is -0.516. The van der Waals surface area contributed by atoms with Crippen LogP contribution in [-0.2, 0) is 14.3 Å². The molecule has 1 saturated carbocycles. The molecule has 0 radical (unpaired) electrons. The number of alkyl carbamates (subject to hydrolysis) is 1. The summed E-state index contributed by atoms with van der Waals surface area (Å²) in [4.78, 5) is 22.4. The van der Waals surface area contributed by atoms with Gasteiger partial charge < -0.3 is 14.8 Å². The van der Waals surface area contributed by atoms with Crippen molar-refractivity contribution < 1.29 is 19.1 Å². The zero-order valence-corrected chi connectivity index (χ0v) is 10.8. The SMILES string of the molecule is C=CC(=O)OCC(C)OC(=O)NC1CCCCC1. The Kier molecular flexibility index (Phi) is 6.25. The maximum atomic E-state index is 11.5. The highest BCUT2D eigenvalue weighted by atomic mass is 16.6. The van der Waals surface area contributed by atoms with E-state index in [1.165, 1.54) is 6.42 Å². The fourth-order valence-electron chi connectivity index (χ4n) is 1.92. The van der Waals surface area contributed by atoms with Gasteiger partial charge >= 0.3 is 12.1 Å². The van der Waals surface area contributed by atoms with Gasteiger partial charge in [-0.3, -0.25) is 0 Å². The van der Waals surface area contributed by atoms with E-state index in [0.29, 0.717) is 0 Å². The van der Waals surface area contributed by atoms with Crippen LogP contribution in [0.25, 0.3) is 0 Å². The Bertz CT molecular complexity index is 297. The summed E-state index contributed by atoms with van der Waals surface area (Å²) in [7, 11) is 0. The first kappa shape index (κ1) is 14.5. The monoisotopic (exact) mass is 255 g/mol. The van der Waals surface area contributed by atoms with Crippen LogP contribution in [0.5, 0.6) is 0 Å². The van der Waals surface area contributed by atoms with Crippen LogP contribution in [0.2, 0.25) is 0 Å². The molecule has 1 aliphatic carbocycles. The Balaban J connectivity index is 2.17. The van der Waals surface area contributed by atoms with E-state index < -0.39 is 18.2 Å². The first-order chi connectivity index (χ1) is 8.61. The van der Waals surface area contributed by atoms with Gasteiger partial charge in [0.15, 0.2) is 0 Å². The van der Waals surface area contributed by atoms with E-state index in [1.54, 1.807) is 6.92 Å². The lowest BCUT2D eigenvalue weighted by atomic mass is 9.96. The van der Waals surface area contributed by atoms with Crippen molar-refractivity contribution in [1.29, 1.82) is 0 Å². The van der Waals surface area contributed by atoms with Gasteiger partial charge in [0.1, 0.15) is 12.7 Å². The van der Waals surface area contributed by atoms with Gasteiger partial charge in [-0.15, -0.1) is 0 Å². The zero-order valence-electron chi connectivity index (χ0n) is 10.8. The maximum absolute atomic E-state index is 11.5. The van der Waals surface area contributed by atoms with E-state index in [-0.39, 0.29) is 12.6 Å². The summed E-state index contributed by atoms with van der Waals surface area (Å²) < 4.78 is 9.87. The van der Waals surface area contributed by atoms with Crippen molar-refractivity contribution in [2.75, 3.05) is 6.61 Å². The lowest BCUT2D eigenvalue weighted by Crippen LogP contribution is -2.38. The summed E-state index contributed by atoms with van der Waals surface area (Å²) in [6.45, 7) is 5.00. The first-order valence-corrected chi connectivity index (χ1v) is 6.38. The average Bonchev–Trinajstić information content (AvgIpc) is 2.37. The van der Waals surface area contributed by atoms with Gasteiger partial charge in [0.05, 0.1) is 0 Å². The standard InChI is InChI=1S/C13H21NO4/c1-3-12(15)17-9-10(2)18-13(16)14-11-7-5-4-6-8-11/h3,10-11H,1,4-9H2,2H3,(H,14,16). The highest BCUT2D eigenvalue weighted by molar-refractivity contribution is 5.81. The molecule has 102 valence electrons. The lowest BCUT2D eigenvalue weighted by Gasteiger charge is -2.23. The third-order valence-corrected chi connectivity index (χ3v) is 2.86. The quantitative estimate of drug-likeness (QED) is 0.604. The summed E-state index contributed by atoms with van der Waals surface area (Å²) in [5, 5.41) is 2.83. The van der Waals surface area contributed by atoms with Crippen molar-refractivity contribution in [3.63, 3.8) is 0 Å². The molecule has 0 bridgehead atoms. The number of nitrogens with one attached hydrogen (secondary N) is 1. The number of hydrogen-bond acceptors (Lipinski definition) is 4. The van der Waals surface area contributed by atoms with E-state index in [9.17, 15) is 9.59 Å². The molecule has 0 saturated heterocycles. The molecule has 1 unspecified atom stereocenters. The normalized spacial score (nSPS) is 17.6. The molecule has 5 heteroatoms. The molecular weight excluding hydrogens is 234 g/mol. The molecule has 1 atom stereocenters. The third-order valence-electron chi connectivity index (χ3n) is 2.86. The molecule has 0 aromatic rings. The molecule has 1 aliphatic rings. The Hall–Kier alpha value is -1.52. The summed E-state index contributed by atoms with van der Waals surface area (Å²) in [6.07, 6.45) is 5.73. The first-order valence-electron chi connectivity index (χ1n) is 6.38. The van der Waals surface area contributed by atoms with Crippen LogP contribution in [0.3, 0.4) is 0 Å². The van der Waals surface area contributed by atoms with Crippen molar-refractivity contribution in [3.05, 3.63) is 12.7 Å². The van der Waals surface area contributed by atoms with Gasteiger partial charge in [0.2, 0.25) is 0 Å². The molecule has 5 nitrogen and oxygen atoms in total. The number of amides is 1. The second-order valence-electron chi connectivity index (χ2n) is 4.53. The van der Waals surface area contributed by atoms with Crippen LogP contribution in [0.15, 0.2) is 12.7 Å². The Morgan fingerprint density at radius 3 is 2.67 bits per heavy atom. The second-order valence-corrected chi connectivity index (χ2v) is 4.53. The number of carbonyl (C=O) groups is 2. The summed E-state index contributed by atoms with van der Waals surface area (Å²) in [5.74, 6) is -0.516. The van der Waals surface area contributed by atoms with Crippen molar-refractivity contribution in [3.8, 4) is 0 Å². The van der Waals surface area contributed by atoms with E-state index >= 15 is 0 Å². The number of hydrogen-bond donors (Lipinski definition) is 1. The van der Waals surface area contributed by atoms with Crippen LogP contribution in [0, 0.1) is 0 Å². The summed E-state index contributed by atoms with van der Waals surface area (Å²) in [6, 6.07) is 0.217. The molecule has 0 heterocycles.